The fraction of sp³-hybridized carbons (Fsp3) is 0.571. The lowest BCUT2D eigenvalue weighted by Crippen LogP contribution is -2.60. The van der Waals surface area contributed by atoms with E-state index in [1.807, 2.05) is 43.2 Å². The Morgan fingerprint density at radius 1 is 1.15 bits per heavy atom. The number of ether oxygens (including phenoxy) is 2. The van der Waals surface area contributed by atoms with Gasteiger partial charge in [-0.05, 0) is 30.5 Å². The zero-order valence-corrected chi connectivity index (χ0v) is 18.8. The van der Waals surface area contributed by atoms with Crippen LogP contribution in [0, 0.1) is 0 Å². The van der Waals surface area contributed by atoms with Gasteiger partial charge in [-0.3, -0.25) is 5.10 Å². The molecule has 12 heteroatoms. The van der Waals surface area contributed by atoms with E-state index < -0.39 is 55.1 Å². The predicted octanol–water partition coefficient (Wildman–Crippen LogP) is 1.89. The predicted molar refractivity (Wildman–Crippen MR) is 113 cm³/mol. The Kier molecular flexibility index (Phi) is 8.30. The maximum absolute atomic E-state index is 13.6. The number of aliphatic hydroxyl groups excluding tert-OH is 4. The highest BCUT2D eigenvalue weighted by Crippen LogP contribution is 2.36. The number of aromatic amines is 1. The van der Waals surface area contributed by atoms with Gasteiger partial charge in [-0.25, -0.2) is 0 Å². The fourth-order valence-corrected chi connectivity index (χ4v) is 4.42. The van der Waals surface area contributed by atoms with Crippen LogP contribution in [-0.2, 0) is 23.8 Å². The van der Waals surface area contributed by atoms with Gasteiger partial charge < -0.3 is 29.9 Å². The van der Waals surface area contributed by atoms with Gasteiger partial charge in [0.2, 0.25) is 12.2 Å². The average Bonchev–Trinajstić information content (AvgIpc) is 3.15. The molecule has 1 fully saturated rings. The number of thioether (sulfide) groups is 1. The van der Waals surface area contributed by atoms with Crippen molar-refractivity contribution in [3.05, 3.63) is 41.1 Å². The molecule has 33 heavy (non-hydrogen) atoms. The van der Waals surface area contributed by atoms with Gasteiger partial charge in [0.1, 0.15) is 30.1 Å². The lowest BCUT2D eigenvalue weighted by atomic mass is 9.99. The van der Waals surface area contributed by atoms with Gasteiger partial charge in [0.15, 0.2) is 0 Å². The number of H-pyrrole nitrogens is 1. The standard InChI is InChI=1S/C21H27F3N2O6S/c1-10(2)33-12-5-3-4-11(8-12)6-7-13-18(21(22,23)24)25-26-19(13)32-20-17(30)16(29)15(28)14(9-27)31-20/h3-5,8,10,14-17,20,27-30H,6-7,9H2,1-2H3,(H,25,26)/t14-,15-,16+,17-,20+/m1/s1. The number of alkyl halides is 3. The SMILES string of the molecule is CC(C)Sc1cccc(CCc2c(O[C@@H]3O[C@H](CO)[C@@H](O)[C@H](O)[C@H]3O)n[nH]c2C(F)(F)F)c1. The van der Waals surface area contributed by atoms with Crippen molar-refractivity contribution < 1.29 is 43.1 Å². The molecule has 1 aliphatic rings. The van der Waals surface area contributed by atoms with Gasteiger partial charge >= 0.3 is 6.18 Å². The normalized spacial score (nSPS) is 26.1. The second-order valence-electron chi connectivity index (χ2n) is 8.01. The second-order valence-corrected chi connectivity index (χ2v) is 9.66. The third kappa shape index (κ3) is 6.19. The quantitative estimate of drug-likeness (QED) is 0.354. The molecule has 0 radical (unpaired) electrons. The Labute approximate surface area is 192 Å². The molecule has 8 nitrogen and oxygen atoms in total. The Balaban J connectivity index is 1.82. The summed E-state index contributed by atoms with van der Waals surface area (Å²) in [5, 5.41) is 45.1. The fourth-order valence-electron chi connectivity index (χ4n) is 3.50. The summed E-state index contributed by atoms with van der Waals surface area (Å²) < 4.78 is 51.3. The van der Waals surface area contributed by atoms with E-state index in [1.165, 1.54) is 0 Å². The van der Waals surface area contributed by atoms with Crippen molar-refractivity contribution in [1.82, 2.24) is 10.2 Å². The molecule has 0 spiro atoms. The molecule has 1 aliphatic heterocycles. The van der Waals surface area contributed by atoms with E-state index in [1.54, 1.807) is 11.8 Å². The molecule has 3 rings (SSSR count). The minimum Gasteiger partial charge on any atom is -0.443 e. The van der Waals surface area contributed by atoms with E-state index in [4.69, 9.17) is 9.47 Å². The first-order valence-electron chi connectivity index (χ1n) is 10.4. The molecular weight excluding hydrogens is 465 g/mol. The molecule has 1 saturated heterocycles. The van der Waals surface area contributed by atoms with Crippen LogP contribution in [0.1, 0.15) is 30.7 Å². The second kappa shape index (κ2) is 10.6. The van der Waals surface area contributed by atoms with Crippen LogP contribution < -0.4 is 4.74 Å². The third-order valence-electron chi connectivity index (χ3n) is 5.12. The van der Waals surface area contributed by atoms with Crippen LogP contribution in [-0.4, -0.2) is 73.2 Å². The van der Waals surface area contributed by atoms with Gasteiger partial charge in [0.25, 0.3) is 0 Å². The number of nitrogens with one attached hydrogen (secondary N) is 1. The van der Waals surface area contributed by atoms with E-state index >= 15 is 0 Å². The third-order valence-corrected chi connectivity index (χ3v) is 6.12. The van der Waals surface area contributed by atoms with Crippen LogP contribution in [0.3, 0.4) is 0 Å². The summed E-state index contributed by atoms with van der Waals surface area (Å²) in [6.45, 7) is 3.39. The van der Waals surface area contributed by atoms with Crippen molar-refractivity contribution >= 4 is 11.8 Å². The molecule has 2 aromatic rings. The summed E-state index contributed by atoms with van der Waals surface area (Å²) in [5.41, 5.74) is -0.523. The number of aromatic nitrogens is 2. The Morgan fingerprint density at radius 3 is 2.52 bits per heavy atom. The number of hydrogen-bond acceptors (Lipinski definition) is 8. The zero-order valence-electron chi connectivity index (χ0n) is 18.0. The molecule has 0 saturated carbocycles. The summed E-state index contributed by atoms with van der Waals surface area (Å²) >= 11 is 1.64. The summed E-state index contributed by atoms with van der Waals surface area (Å²) in [4.78, 5) is 1.00. The molecule has 2 heterocycles. The number of nitrogens with zero attached hydrogens (tertiary/aromatic N) is 1. The number of benzene rings is 1. The van der Waals surface area contributed by atoms with Crippen molar-refractivity contribution in [2.75, 3.05) is 6.61 Å². The van der Waals surface area contributed by atoms with Crippen LogP contribution in [0.4, 0.5) is 13.2 Å². The van der Waals surface area contributed by atoms with Crippen LogP contribution in [0.25, 0.3) is 0 Å². The number of hydrogen-bond donors (Lipinski definition) is 5. The molecule has 0 aliphatic carbocycles. The molecular formula is C21H27F3N2O6S. The Bertz CT molecular complexity index is 924. The van der Waals surface area contributed by atoms with Crippen LogP contribution >= 0.6 is 11.8 Å². The minimum absolute atomic E-state index is 0.0755. The first-order valence-corrected chi connectivity index (χ1v) is 11.3. The van der Waals surface area contributed by atoms with Gasteiger partial charge in [-0.1, -0.05) is 26.0 Å². The Morgan fingerprint density at radius 2 is 1.88 bits per heavy atom. The largest absolute Gasteiger partial charge is 0.443 e. The topological polar surface area (TPSA) is 128 Å². The van der Waals surface area contributed by atoms with Crippen molar-refractivity contribution in [1.29, 1.82) is 0 Å². The zero-order chi connectivity index (χ0) is 24.3. The molecule has 1 aromatic heterocycles. The number of aliphatic hydroxyl groups is 4. The van der Waals surface area contributed by atoms with E-state index in [0.717, 1.165) is 10.5 Å². The summed E-state index contributed by atoms with van der Waals surface area (Å²) in [6, 6.07) is 7.50. The number of rotatable bonds is 8. The molecule has 5 atom stereocenters. The highest BCUT2D eigenvalue weighted by Gasteiger charge is 2.46. The van der Waals surface area contributed by atoms with Crippen molar-refractivity contribution in [3.63, 3.8) is 0 Å². The van der Waals surface area contributed by atoms with Crippen molar-refractivity contribution in [2.24, 2.45) is 0 Å². The summed E-state index contributed by atoms with van der Waals surface area (Å²) in [6.07, 6.45) is -12.6. The highest BCUT2D eigenvalue weighted by molar-refractivity contribution is 7.99. The van der Waals surface area contributed by atoms with Gasteiger partial charge in [-0.15, -0.1) is 16.9 Å². The van der Waals surface area contributed by atoms with Gasteiger partial charge in [-0.2, -0.15) is 13.2 Å². The van der Waals surface area contributed by atoms with Crippen molar-refractivity contribution in [3.8, 4) is 5.88 Å². The average molecular weight is 493 g/mol. The monoisotopic (exact) mass is 492 g/mol. The first kappa shape index (κ1) is 25.8. The van der Waals surface area contributed by atoms with Crippen LogP contribution in [0.2, 0.25) is 0 Å². The molecule has 0 unspecified atom stereocenters. The first-order chi connectivity index (χ1) is 15.5. The number of halogens is 3. The van der Waals surface area contributed by atoms with Crippen LogP contribution in [0.15, 0.2) is 29.2 Å². The maximum Gasteiger partial charge on any atom is 0.433 e. The molecule has 0 bridgehead atoms. The summed E-state index contributed by atoms with van der Waals surface area (Å²) in [5.74, 6) is -0.445. The highest BCUT2D eigenvalue weighted by atomic mass is 32.2. The summed E-state index contributed by atoms with van der Waals surface area (Å²) in [7, 11) is 0. The van der Waals surface area contributed by atoms with E-state index in [2.05, 4.69) is 5.10 Å². The molecule has 1 aromatic carbocycles. The van der Waals surface area contributed by atoms with Crippen molar-refractivity contribution in [2.45, 2.75) is 73.7 Å². The lowest BCUT2D eigenvalue weighted by Gasteiger charge is -2.39. The van der Waals surface area contributed by atoms with E-state index in [0.29, 0.717) is 5.25 Å². The van der Waals surface area contributed by atoms with E-state index in [9.17, 15) is 33.6 Å². The molecule has 5 N–H and O–H groups in total. The van der Waals surface area contributed by atoms with Crippen LogP contribution in [0.5, 0.6) is 5.88 Å². The van der Waals surface area contributed by atoms with Gasteiger partial charge in [0.05, 0.1) is 6.61 Å². The minimum atomic E-state index is -4.73. The molecule has 0 amide bonds. The number of aryl methyl sites for hydroxylation is 1. The lowest BCUT2D eigenvalue weighted by molar-refractivity contribution is -0.278. The smallest absolute Gasteiger partial charge is 0.433 e. The Hall–Kier alpha value is -1.83. The van der Waals surface area contributed by atoms with Gasteiger partial charge in [0, 0.05) is 15.7 Å². The maximum atomic E-state index is 13.6. The van der Waals surface area contributed by atoms with E-state index in [-0.39, 0.29) is 18.4 Å². The molecule has 184 valence electrons.